The molecule has 0 spiro atoms. The zero-order valence-corrected chi connectivity index (χ0v) is 10.3. The van der Waals surface area contributed by atoms with Gasteiger partial charge in [0.2, 0.25) is 5.91 Å². The van der Waals surface area contributed by atoms with Crippen molar-refractivity contribution in [1.82, 2.24) is 5.43 Å². The first kappa shape index (κ1) is 14.1. The van der Waals surface area contributed by atoms with Crippen LogP contribution >= 0.6 is 0 Å². The fourth-order valence-corrected chi connectivity index (χ4v) is 1.20. The fraction of sp³-hybridized carbons (Fsp3) is 0.833. The highest BCUT2D eigenvalue weighted by Gasteiger charge is 1.98. The minimum atomic E-state index is 0.0309. The molecule has 88 valence electrons. The number of carbonyl (C=O) groups excluding carboxylic acids is 1. The van der Waals surface area contributed by atoms with Crippen LogP contribution in [0.2, 0.25) is 0 Å². The van der Waals surface area contributed by atoms with Crippen LogP contribution in [-0.2, 0) is 4.79 Å². The molecular formula is C12H24N2O. The smallest absolute Gasteiger partial charge is 0.240 e. The van der Waals surface area contributed by atoms with Gasteiger partial charge in [-0.05, 0) is 12.3 Å². The van der Waals surface area contributed by atoms with Crippen molar-refractivity contribution >= 4 is 12.1 Å². The van der Waals surface area contributed by atoms with Crippen molar-refractivity contribution in [3.63, 3.8) is 0 Å². The minimum absolute atomic E-state index is 0.0309. The Morgan fingerprint density at radius 3 is 2.53 bits per heavy atom. The van der Waals surface area contributed by atoms with Crippen LogP contribution in [0.5, 0.6) is 0 Å². The maximum absolute atomic E-state index is 11.2. The molecule has 0 aromatic rings. The van der Waals surface area contributed by atoms with Crippen LogP contribution in [0.4, 0.5) is 0 Å². The van der Waals surface area contributed by atoms with E-state index in [2.05, 4.69) is 17.5 Å². The Balaban J connectivity index is 3.33. The third-order valence-electron chi connectivity index (χ3n) is 2.07. The molecule has 0 aromatic carbocycles. The summed E-state index contributed by atoms with van der Waals surface area (Å²) >= 11 is 0. The summed E-state index contributed by atoms with van der Waals surface area (Å²) in [5, 5.41) is 3.86. The number of unbranched alkanes of at least 4 members (excludes halogenated alkanes) is 4. The molecule has 0 fully saturated rings. The molecule has 0 saturated carbocycles. The van der Waals surface area contributed by atoms with E-state index in [-0.39, 0.29) is 5.91 Å². The molecule has 0 heterocycles. The van der Waals surface area contributed by atoms with Gasteiger partial charge < -0.3 is 0 Å². The summed E-state index contributed by atoms with van der Waals surface area (Å²) in [5.41, 5.74) is 2.54. The van der Waals surface area contributed by atoms with Gasteiger partial charge in [0.1, 0.15) is 0 Å². The molecule has 0 atom stereocenters. The van der Waals surface area contributed by atoms with Gasteiger partial charge in [-0.25, -0.2) is 5.43 Å². The molecule has 0 aromatic heterocycles. The van der Waals surface area contributed by atoms with Crippen LogP contribution < -0.4 is 5.43 Å². The van der Waals surface area contributed by atoms with Gasteiger partial charge in [0.15, 0.2) is 0 Å². The van der Waals surface area contributed by atoms with Crippen molar-refractivity contribution in [1.29, 1.82) is 0 Å². The Hall–Kier alpha value is -0.860. The molecule has 1 amide bonds. The van der Waals surface area contributed by atoms with Gasteiger partial charge in [-0.1, -0.05) is 46.5 Å². The van der Waals surface area contributed by atoms with E-state index in [0.717, 1.165) is 12.8 Å². The average Bonchev–Trinajstić information content (AvgIpc) is 2.17. The van der Waals surface area contributed by atoms with E-state index >= 15 is 0 Å². The molecule has 0 bridgehead atoms. The Kier molecular flexibility index (Phi) is 9.13. The number of hydrogen-bond donors (Lipinski definition) is 1. The second-order valence-corrected chi connectivity index (χ2v) is 4.22. The third kappa shape index (κ3) is 11.1. The van der Waals surface area contributed by atoms with Gasteiger partial charge in [-0.2, -0.15) is 5.10 Å². The number of amides is 1. The zero-order valence-electron chi connectivity index (χ0n) is 10.3. The van der Waals surface area contributed by atoms with Crippen molar-refractivity contribution in [3.05, 3.63) is 0 Å². The lowest BCUT2D eigenvalue weighted by Crippen LogP contribution is -2.17. The van der Waals surface area contributed by atoms with Crippen LogP contribution in [0, 0.1) is 5.92 Å². The van der Waals surface area contributed by atoms with Gasteiger partial charge in [0, 0.05) is 12.6 Å². The monoisotopic (exact) mass is 212 g/mol. The highest BCUT2D eigenvalue weighted by molar-refractivity contribution is 5.76. The summed E-state index contributed by atoms with van der Waals surface area (Å²) < 4.78 is 0. The summed E-state index contributed by atoms with van der Waals surface area (Å²) in [4.78, 5) is 11.2. The first-order valence-electron chi connectivity index (χ1n) is 5.98. The molecule has 0 aliphatic rings. The fourth-order valence-electron chi connectivity index (χ4n) is 1.20. The van der Waals surface area contributed by atoms with Crippen LogP contribution in [-0.4, -0.2) is 12.1 Å². The molecular weight excluding hydrogens is 188 g/mol. The average molecular weight is 212 g/mol. The predicted octanol–water partition coefficient (Wildman–Crippen LogP) is 3.10. The van der Waals surface area contributed by atoms with Crippen molar-refractivity contribution in [2.45, 2.75) is 59.3 Å². The number of carbonyl (C=O) groups is 1. The van der Waals surface area contributed by atoms with Gasteiger partial charge in [0.25, 0.3) is 0 Å². The van der Waals surface area contributed by atoms with Crippen LogP contribution in [0.1, 0.15) is 59.3 Å². The summed E-state index contributed by atoms with van der Waals surface area (Å²) in [7, 11) is 0. The number of hydrazone groups is 1. The first-order valence-corrected chi connectivity index (χ1v) is 5.98. The van der Waals surface area contributed by atoms with Crippen molar-refractivity contribution in [3.8, 4) is 0 Å². The predicted molar refractivity (Wildman–Crippen MR) is 64.8 cm³/mol. The maximum atomic E-state index is 11.2. The second kappa shape index (κ2) is 9.69. The SMILES string of the molecule is CCCCCCCC(=O)N/N=C\C(C)C. The molecule has 0 aliphatic carbocycles. The van der Waals surface area contributed by atoms with E-state index in [9.17, 15) is 4.79 Å². The standard InChI is InChI=1S/C12H24N2O/c1-4-5-6-7-8-9-12(15)14-13-10-11(2)3/h10-11H,4-9H2,1-3H3,(H,14,15)/b13-10-. The Morgan fingerprint density at radius 1 is 1.27 bits per heavy atom. The van der Waals surface area contributed by atoms with Gasteiger partial charge in [0.05, 0.1) is 0 Å². The highest BCUT2D eigenvalue weighted by Crippen LogP contribution is 2.04. The summed E-state index contributed by atoms with van der Waals surface area (Å²) in [6.07, 6.45) is 8.21. The molecule has 0 radical (unpaired) electrons. The van der Waals surface area contributed by atoms with E-state index in [0.29, 0.717) is 12.3 Å². The van der Waals surface area contributed by atoms with Gasteiger partial charge in [-0.15, -0.1) is 0 Å². The van der Waals surface area contributed by atoms with Crippen LogP contribution in [0.25, 0.3) is 0 Å². The molecule has 0 unspecified atom stereocenters. The minimum Gasteiger partial charge on any atom is -0.273 e. The van der Waals surface area contributed by atoms with Crippen molar-refractivity contribution in [2.75, 3.05) is 0 Å². The first-order chi connectivity index (χ1) is 7.16. The van der Waals surface area contributed by atoms with Crippen molar-refractivity contribution in [2.24, 2.45) is 11.0 Å². The van der Waals surface area contributed by atoms with E-state index in [1.807, 2.05) is 13.8 Å². The van der Waals surface area contributed by atoms with Crippen LogP contribution in [0.15, 0.2) is 5.10 Å². The van der Waals surface area contributed by atoms with E-state index < -0.39 is 0 Å². The molecule has 1 N–H and O–H groups in total. The number of nitrogens with one attached hydrogen (secondary N) is 1. The van der Waals surface area contributed by atoms with Gasteiger partial charge >= 0.3 is 0 Å². The number of hydrogen-bond acceptors (Lipinski definition) is 2. The highest BCUT2D eigenvalue weighted by atomic mass is 16.2. The number of nitrogens with zero attached hydrogens (tertiary/aromatic N) is 1. The molecule has 0 saturated heterocycles. The van der Waals surface area contributed by atoms with E-state index in [1.54, 1.807) is 6.21 Å². The topological polar surface area (TPSA) is 41.5 Å². The Labute approximate surface area is 93.3 Å². The van der Waals surface area contributed by atoms with Crippen molar-refractivity contribution < 1.29 is 4.79 Å². The van der Waals surface area contributed by atoms with Crippen LogP contribution in [0.3, 0.4) is 0 Å². The summed E-state index contributed by atoms with van der Waals surface area (Å²) in [6, 6.07) is 0. The molecule has 3 nitrogen and oxygen atoms in total. The quantitative estimate of drug-likeness (QED) is 0.375. The lowest BCUT2D eigenvalue weighted by molar-refractivity contribution is -0.121. The lowest BCUT2D eigenvalue weighted by Gasteiger charge is -2.00. The Morgan fingerprint density at radius 2 is 1.93 bits per heavy atom. The van der Waals surface area contributed by atoms with E-state index in [1.165, 1.54) is 19.3 Å². The van der Waals surface area contributed by atoms with Gasteiger partial charge in [-0.3, -0.25) is 4.79 Å². The number of rotatable bonds is 8. The largest absolute Gasteiger partial charge is 0.273 e. The maximum Gasteiger partial charge on any atom is 0.240 e. The molecule has 15 heavy (non-hydrogen) atoms. The molecule has 0 aliphatic heterocycles. The summed E-state index contributed by atoms with van der Waals surface area (Å²) in [5.74, 6) is 0.415. The normalized spacial score (nSPS) is 11.2. The van der Waals surface area contributed by atoms with E-state index in [4.69, 9.17) is 0 Å². The zero-order chi connectivity index (χ0) is 11.5. The Bertz CT molecular complexity index is 188. The second-order valence-electron chi connectivity index (χ2n) is 4.22. The summed E-state index contributed by atoms with van der Waals surface area (Å²) in [6.45, 7) is 6.24. The molecule has 0 rings (SSSR count). The lowest BCUT2D eigenvalue weighted by atomic mass is 10.1. The molecule has 3 heteroatoms. The third-order valence-corrected chi connectivity index (χ3v) is 2.07.